The third-order valence-electron chi connectivity index (χ3n) is 2.40. The largest absolute Gasteiger partial charge is 0.320 e. The third-order valence-corrected chi connectivity index (χ3v) is 2.40. The predicted molar refractivity (Wildman–Crippen MR) is 110 cm³/mol. The summed E-state index contributed by atoms with van der Waals surface area (Å²) in [4.78, 5) is 17.3. The number of aliphatic imine (C=N–C) groups is 2. The van der Waals surface area contributed by atoms with Crippen LogP contribution >= 0.6 is 0 Å². The Morgan fingerprint density at radius 2 is 1.70 bits per heavy atom. The van der Waals surface area contributed by atoms with Crippen LogP contribution in [0.1, 0.15) is 74.7 Å². The van der Waals surface area contributed by atoms with Crippen molar-refractivity contribution in [3.63, 3.8) is 0 Å². The van der Waals surface area contributed by atoms with Gasteiger partial charge in [0.25, 0.3) is 0 Å². The molecule has 0 bridgehead atoms. The Hall–Kier alpha value is -1.29. The number of carbonyl (C=O) groups excluding carboxylic acids is 1. The van der Waals surface area contributed by atoms with E-state index < -0.39 is 0 Å². The first-order valence-corrected chi connectivity index (χ1v) is 8.26. The average molecular weight is 330 g/mol. The SMILES string of the molecule is C.C=N/C(C)=C(\C=NC)CC.CC.CCCCC=O.CCNC. The molecule has 0 aromatic heterocycles. The Labute approximate surface area is 146 Å². The second-order valence-electron chi connectivity index (χ2n) is 4.03. The highest BCUT2D eigenvalue weighted by atomic mass is 16.1. The van der Waals surface area contributed by atoms with Crippen LogP contribution in [-0.4, -0.2) is 39.9 Å². The van der Waals surface area contributed by atoms with Crippen LogP contribution in [0, 0.1) is 0 Å². The van der Waals surface area contributed by atoms with Gasteiger partial charge in [-0.05, 0) is 45.6 Å². The molecule has 1 N–H and O–H groups in total. The van der Waals surface area contributed by atoms with E-state index in [9.17, 15) is 4.79 Å². The number of allylic oxidation sites excluding steroid dienone is 2. The number of hydrogen-bond acceptors (Lipinski definition) is 4. The molecule has 0 spiro atoms. The number of hydrogen-bond donors (Lipinski definition) is 1. The first-order chi connectivity index (χ1) is 10.6. The molecule has 0 saturated heterocycles. The fourth-order valence-electron chi connectivity index (χ4n) is 0.985. The highest BCUT2D eigenvalue weighted by Gasteiger charge is 1.92. The monoisotopic (exact) mass is 329 g/mol. The van der Waals surface area contributed by atoms with Crippen LogP contribution in [-0.2, 0) is 4.79 Å². The second kappa shape index (κ2) is 37.2. The molecule has 0 saturated carbocycles. The molecule has 0 aliphatic heterocycles. The molecular weight excluding hydrogens is 286 g/mol. The topological polar surface area (TPSA) is 53.8 Å². The van der Waals surface area contributed by atoms with Gasteiger partial charge >= 0.3 is 0 Å². The van der Waals surface area contributed by atoms with Crippen molar-refractivity contribution in [3.05, 3.63) is 11.3 Å². The van der Waals surface area contributed by atoms with Gasteiger partial charge in [0.2, 0.25) is 0 Å². The Morgan fingerprint density at radius 3 is 1.87 bits per heavy atom. The maximum atomic E-state index is 9.56. The molecule has 0 rings (SSSR count). The number of nitrogens with zero attached hydrogens (tertiary/aromatic N) is 2. The predicted octanol–water partition coefficient (Wildman–Crippen LogP) is 5.34. The summed E-state index contributed by atoms with van der Waals surface area (Å²) in [5, 5.41) is 2.93. The lowest BCUT2D eigenvalue weighted by molar-refractivity contribution is -0.107. The van der Waals surface area contributed by atoms with Crippen molar-refractivity contribution in [2.24, 2.45) is 9.98 Å². The normalized spacial score (nSPS) is 9.57. The summed E-state index contributed by atoms with van der Waals surface area (Å²) in [7, 11) is 3.69. The van der Waals surface area contributed by atoms with Gasteiger partial charge < -0.3 is 10.1 Å². The molecular formula is C19H43N3O. The van der Waals surface area contributed by atoms with E-state index in [2.05, 4.69) is 42.8 Å². The van der Waals surface area contributed by atoms with Crippen LogP contribution in [0.2, 0.25) is 0 Å². The fraction of sp³-hybridized carbons (Fsp3) is 0.737. The molecule has 0 fully saturated rings. The van der Waals surface area contributed by atoms with Gasteiger partial charge in [-0.1, -0.05) is 48.5 Å². The van der Waals surface area contributed by atoms with E-state index in [4.69, 9.17) is 0 Å². The second-order valence-corrected chi connectivity index (χ2v) is 4.03. The van der Waals surface area contributed by atoms with Gasteiger partial charge in [0, 0.05) is 25.4 Å². The number of nitrogens with one attached hydrogen (secondary N) is 1. The molecule has 0 aliphatic rings. The molecule has 4 nitrogen and oxygen atoms in total. The molecule has 0 atom stereocenters. The first kappa shape index (κ1) is 33.3. The quantitative estimate of drug-likeness (QED) is 0.389. The van der Waals surface area contributed by atoms with Crippen molar-refractivity contribution in [1.82, 2.24) is 5.32 Å². The minimum atomic E-state index is 0. The van der Waals surface area contributed by atoms with E-state index in [0.29, 0.717) is 0 Å². The van der Waals surface area contributed by atoms with Gasteiger partial charge in [-0.25, -0.2) is 0 Å². The fourth-order valence-corrected chi connectivity index (χ4v) is 0.985. The van der Waals surface area contributed by atoms with Crippen molar-refractivity contribution in [2.75, 3.05) is 20.6 Å². The van der Waals surface area contributed by atoms with Gasteiger partial charge in [0.15, 0.2) is 0 Å². The van der Waals surface area contributed by atoms with E-state index in [1.807, 2.05) is 34.0 Å². The number of carbonyl (C=O) groups is 1. The van der Waals surface area contributed by atoms with E-state index in [0.717, 1.165) is 49.8 Å². The number of unbranched alkanes of at least 4 members (excludes halogenated alkanes) is 2. The van der Waals surface area contributed by atoms with Crippen LogP contribution in [0.5, 0.6) is 0 Å². The zero-order valence-corrected chi connectivity index (χ0v) is 16.2. The molecule has 0 aromatic rings. The van der Waals surface area contributed by atoms with Crippen molar-refractivity contribution >= 4 is 19.2 Å². The average Bonchev–Trinajstić information content (AvgIpc) is 2.59. The van der Waals surface area contributed by atoms with E-state index in [1.165, 1.54) is 0 Å². The Balaban J connectivity index is -0.0000000715. The maximum Gasteiger partial charge on any atom is 0.119 e. The molecule has 4 heteroatoms. The van der Waals surface area contributed by atoms with Gasteiger partial charge in [0.1, 0.15) is 6.29 Å². The molecule has 0 aromatic carbocycles. The smallest absolute Gasteiger partial charge is 0.119 e. The minimum Gasteiger partial charge on any atom is -0.320 e. The Kier molecular flexibility index (Phi) is 53.9. The lowest BCUT2D eigenvalue weighted by Gasteiger charge is -1.97. The van der Waals surface area contributed by atoms with Crippen molar-refractivity contribution in [1.29, 1.82) is 0 Å². The molecule has 0 radical (unpaired) electrons. The first-order valence-electron chi connectivity index (χ1n) is 8.26. The maximum absolute atomic E-state index is 9.56. The zero-order chi connectivity index (χ0) is 18.2. The summed E-state index contributed by atoms with van der Waals surface area (Å²) in [6.45, 7) is 16.7. The summed E-state index contributed by atoms with van der Waals surface area (Å²) in [5.41, 5.74) is 2.12. The van der Waals surface area contributed by atoms with Crippen LogP contribution < -0.4 is 5.32 Å². The van der Waals surface area contributed by atoms with Crippen molar-refractivity contribution < 1.29 is 4.79 Å². The van der Waals surface area contributed by atoms with Crippen LogP contribution in [0.3, 0.4) is 0 Å². The van der Waals surface area contributed by atoms with Crippen molar-refractivity contribution in [3.8, 4) is 0 Å². The Bertz CT molecular complexity index is 270. The molecule has 0 unspecified atom stereocenters. The highest BCUT2D eigenvalue weighted by molar-refractivity contribution is 5.79. The van der Waals surface area contributed by atoms with Gasteiger partial charge in [-0.2, -0.15) is 0 Å². The molecule has 23 heavy (non-hydrogen) atoms. The van der Waals surface area contributed by atoms with Crippen molar-refractivity contribution in [2.45, 2.75) is 74.7 Å². The summed E-state index contributed by atoms with van der Waals surface area (Å²) < 4.78 is 0. The molecule has 140 valence electrons. The van der Waals surface area contributed by atoms with Gasteiger partial charge in [-0.3, -0.25) is 9.98 Å². The summed E-state index contributed by atoms with van der Waals surface area (Å²) in [6.07, 6.45) is 6.65. The summed E-state index contributed by atoms with van der Waals surface area (Å²) >= 11 is 0. The molecule has 0 heterocycles. The van der Waals surface area contributed by atoms with Crippen LogP contribution in [0.4, 0.5) is 0 Å². The zero-order valence-electron chi connectivity index (χ0n) is 16.2. The highest BCUT2D eigenvalue weighted by Crippen LogP contribution is 2.05. The number of aldehydes is 1. The summed E-state index contributed by atoms with van der Waals surface area (Å²) in [5.74, 6) is 0. The lowest BCUT2D eigenvalue weighted by Crippen LogP contribution is -2.01. The molecule has 0 aliphatic carbocycles. The van der Waals surface area contributed by atoms with Crippen LogP contribution in [0.25, 0.3) is 0 Å². The molecule has 0 amide bonds. The Morgan fingerprint density at radius 1 is 1.22 bits per heavy atom. The third kappa shape index (κ3) is 38.6. The van der Waals surface area contributed by atoms with E-state index in [1.54, 1.807) is 7.05 Å². The number of rotatable bonds is 7. The minimum absolute atomic E-state index is 0. The van der Waals surface area contributed by atoms with E-state index in [-0.39, 0.29) is 7.43 Å². The van der Waals surface area contributed by atoms with Gasteiger partial charge in [0.05, 0.1) is 0 Å². The lowest BCUT2D eigenvalue weighted by atomic mass is 10.2. The van der Waals surface area contributed by atoms with Crippen LogP contribution in [0.15, 0.2) is 21.3 Å². The summed E-state index contributed by atoms with van der Waals surface area (Å²) in [6, 6.07) is 0. The standard InChI is InChI=1S/C8H14N2.C5H10O.C3H9N.C2H6.CH4/c1-5-8(6-9-3)7(2)10-4;1-2-3-4-5-6;1-3-4-2;1-2;/h6H,4-5H2,1-3H3;5H,2-4H2,1H3;4H,3H2,1-2H3;1-2H3;1H4/b8-7-,9-6?;;;;. The van der Waals surface area contributed by atoms with Gasteiger partial charge in [-0.15, -0.1) is 0 Å². The van der Waals surface area contributed by atoms with E-state index >= 15 is 0 Å².